The number of nitriles is 2. The summed E-state index contributed by atoms with van der Waals surface area (Å²) in [6.45, 7) is 2.06. The van der Waals surface area contributed by atoms with Crippen molar-refractivity contribution in [3.05, 3.63) is 28.2 Å². The number of hydrogen-bond acceptors (Lipinski definition) is 3. The minimum absolute atomic E-state index is 0.0254. The van der Waals surface area contributed by atoms with Gasteiger partial charge < -0.3 is 4.74 Å². The molecule has 1 aromatic rings. The van der Waals surface area contributed by atoms with Crippen molar-refractivity contribution < 1.29 is 4.74 Å². The normalized spacial score (nSPS) is 11.3. The van der Waals surface area contributed by atoms with Crippen LogP contribution in [-0.2, 0) is 0 Å². The monoisotopic (exact) mass is 292 g/mol. The molecule has 1 aromatic carbocycles. The van der Waals surface area contributed by atoms with Crippen molar-refractivity contribution in [3.63, 3.8) is 0 Å². The smallest absolute Gasteiger partial charge is 0.174 e. The minimum Gasteiger partial charge on any atom is -0.478 e. The Morgan fingerprint density at radius 1 is 1.35 bits per heavy atom. The maximum absolute atomic E-state index is 8.81. The fraction of sp³-hybridized carbons (Fsp3) is 0.385. The van der Waals surface area contributed by atoms with Crippen LogP contribution in [0, 0.1) is 22.7 Å². The zero-order valence-electron chi connectivity index (χ0n) is 9.61. The van der Waals surface area contributed by atoms with E-state index >= 15 is 0 Å². The Labute approximate surface area is 110 Å². The van der Waals surface area contributed by atoms with Crippen LogP contribution in [0.5, 0.6) is 5.75 Å². The van der Waals surface area contributed by atoms with Gasteiger partial charge in [0.15, 0.2) is 6.61 Å². The quantitative estimate of drug-likeness (QED) is 0.830. The van der Waals surface area contributed by atoms with E-state index in [1.807, 2.05) is 31.2 Å². The van der Waals surface area contributed by atoms with Gasteiger partial charge in [-0.3, -0.25) is 0 Å². The maximum atomic E-state index is 8.81. The van der Waals surface area contributed by atoms with Gasteiger partial charge in [0.05, 0.1) is 6.07 Å². The van der Waals surface area contributed by atoms with Gasteiger partial charge in [-0.1, -0.05) is 22.9 Å². The Balaban J connectivity index is 3.05. The lowest BCUT2D eigenvalue weighted by molar-refractivity contribution is 0.360. The predicted molar refractivity (Wildman–Crippen MR) is 68.5 cm³/mol. The van der Waals surface area contributed by atoms with E-state index in [9.17, 15) is 0 Å². The van der Waals surface area contributed by atoms with Gasteiger partial charge in [0.1, 0.15) is 11.8 Å². The minimum atomic E-state index is 0.0254. The summed E-state index contributed by atoms with van der Waals surface area (Å²) in [7, 11) is 0. The number of ether oxygens (including phenoxy) is 1. The lowest BCUT2D eigenvalue weighted by atomic mass is 9.93. The van der Waals surface area contributed by atoms with E-state index in [-0.39, 0.29) is 12.5 Å². The van der Waals surface area contributed by atoms with Gasteiger partial charge >= 0.3 is 0 Å². The molecule has 88 valence electrons. The highest BCUT2D eigenvalue weighted by Crippen LogP contribution is 2.33. The summed E-state index contributed by atoms with van der Waals surface area (Å²) in [5.74, 6) is 0.836. The van der Waals surface area contributed by atoms with Crippen molar-refractivity contribution in [2.45, 2.75) is 25.7 Å². The van der Waals surface area contributed by atoms with Gasteiger partial charge in [-0.25, -0.2) is 0 Å². The average Bonchev–Trinajstić information content (AvgIpc) is 2.34. The van der Waals surface area contributed by atoms with Crippen LogP contribution in [0.4, 0.5) is 0 Å². The van der Waals surface area contributed by atoms with Crippen LogP contribution in [-0.4, -0.2) is 6.61 Å². The molecule has 0 N–H and O–H groups in total. The fourth-order valence-corrected chi connectivity index (χ4v) is 2.04. The van der Waals surface area contributed by atoms with Crippen LogP contribution in [0.2, 0.25) is 0 Å². The Morgan fingerprint density at radius 2 is 2.12 bits per heavy atom. The molecule has 0 aliphatic rings. The van der Waals surface area contributed by atoms with E-state index < -0.39 is 0 Å². The third-order valence-corrected chi connectivity index (χ3v) is 3.03. The number of hydrogen-bond donors (Lipinski definition) is 0. The first-order valence-corrected chi connectivity index (χ1v) is 6.18. The second-order valence-electron chi connectivity index (χ2n) is 3.60. The van der Waals surface area contributed by atoms with Crippen LogP contribution in [0.1, 0.15) is 31.2 Å². The highest BCUT2D eigenvalue weighted by Gasteiger charge is 2.15. The van der Waals surface area contributed by atoms with E-state index in [2.05, 4.69) is 22.0 Å². The van der Waals surface area contributed by atoms with Crippen molar-refractivity contribution in [3.8, 4) is 17.9 Å². The molecule has 1 atom stereocenters. The molecule has 4 heteroatoms. The van der Waals surface area contributed by atoms with Gasteiger partial charge in [0, 0.05) is 16.8 Å². The molecule has 0 spiro atoms. The van der Waals surface area contributed by atoms with Gasteiger partial charge in [-0.2, -0.15) is 10.5 Å². The Morgan fingerprint density at radius 3 is 2.71 bits per heavy atom. The first kappa shape index (κ1) is 13.5. The van der Waals surface area contributed by atoms with Crippen LogP contribution < -0.4 is 4.74 Å². The van der Waals surface area contributed by atoms with E-state index in [0.29, 0.717) is 12.2 Å². The molecule has 0 bridgehead atoms. The molecule has 1 rings (SSSR count). The molecule has 0 heterocycles. The molecule has 0 amide bonds. The molecular formula is C13H13BrN2O. The second-order valence-corrected chi connectivity index (χ2v) is 4.51. The van der Waals surface area contributed by atoms with Gasteiger partial charge in [0.25, 0.3) is 0 Å². The van der Waals surface area contributed by atoms with E-state index in [1.165, 1.54) is 0 Å². The molecule has 0 aromatic heterocycles. The third kappa shape index (κ3) is 3.76. The van der Waals surface area contributed by atoms with Crippen LogP contribution in [0.15, 0.2) is 22.7 Å². The van der Waals surface area contributed by atoms with Crippen molar-refractivity contribution >= 4 is 15.9 Å². The predicted octanol–water partition coefficient (Wildman–Crippen LogP) is 3.76. The summed E-state index contributed by atoms with van der Waals surface area (Å²) >= 11 is 3.41. The number of rotatable bonds is 5. The summed E-state index contributed by atoms with van der Waals surface area (Å²) in [6, 6.07) is 9.79. The molecule has 0 saturated heterocycles. The molecule has 0 fully saturated rings. The zero-order chi connectivity index (χ0) is 12.7. The number of benzene rings is 1. The molecule has 17 heavy (non-hydrogen) atoms. The lowest BCUT2D eigenvalue weighted by Crippen LogP contribution is -2.02. The highest BCUT2D eigenvalue weighted by atomic mass is 79.9. The Hall–Kier alpha value is -1.52. The third-order valence-electron chi connectivity index (χ3n) is 2.53. The molecular weight excluding hydrogens is 280 g/mol. The van der Waals surface area contributed by atoms with Crippen molar-refractivity contribution in [1.29, 1.82) is 10.5 Å². The summed E-state index contributed by atoms with van der Waals surface area (Å²) in [5, 5.41) is 17.3. The summed E-state index contributed by atoms with van der Waals surface area (Å²) in [4.78, 5) is 0. The highest BCUT2D eigenvalue weighted by molar-refractivity contribution is 9.10. The number of nitrogens with zero attached hydrogens (tertiary/aromatic N) is 2. The molecule has 0 radical (unpaired) electrons. The van der Waals surface area contributed by atoms with Crippen molar-refractivity contribution in [2.24, 2.45) is 0 Å². The van der Waals surface area contributed by atoms with Crippen LogP contribution in [0.25, 0.3) is 0 Å². The average molecular weight is 293 g/mol. The fourth-order valence-electron chi connectivity index (χ4n) is 1.66. The van der Waals surface area contributed by atoms with Gasteiger partial charge in [-0.05, 0) is 30.2 Å². The van der Waals surface area contributed by atoms with Gasteiger partial charge in [0.2, 0.25) is 0 Å². The molecule has 0 aliphatic carbocycles. The van der Waals surface area contributed by atoms with E-state index in [0.717, 1.165) is 16.5 Å². The first-order valence-electron chi connectivity index (χ1n) is 5.39. The largest absolute Gasteiger partial charge is 0.478 e. The maximum Gasteiger partial charge on any atom is 0.174 e. The Kier molecular flexibility index (Phi) is 5.52. The summed E-state index contributed by atoms with van der Waals surface area (Å²) in [6.07, 6.45) is 1.32. The summed E-state index contributed by atoms with van der Waals surface area (Å²) in [5.41, 5.74) is 0.985. The second kappa shape index (κ2) is 6.93. The van der Waals surface area contributed by atoms with Crippen molar-refractivity contribution in [2.75, 3.05) is 6.61 Å². The Bertz CT molecular complexity index is 459. The van der Waals surface area contributed by atoms with Crippen LogP contribution >= 0.6 is 15.9 Å². The molecule has 0 saturated carbocycles. The zero-order valence-corrected chi connectivity index (χ0v) is 11.2. The van der Waals surface area contributed by atoms with Gasteiger partial charge in [-0.15, -0.1) is 0 Å². The first-order chi connectivity index (χ1) is 8.22. The number of halogens is 1. The molecule has 3 nitrogen and oxygen atoms in total. The standard InChI is InChI=1S/C13H13BrN2O/c1-2-10(5-6-15)12-9-11(14)3-4-13(12)17-8-7-16/h3-4,9-10H,2,5,8H2,1H3. The topological polar surface area (TPSA) is 56.8 Å². The van der Waals surface area contributed by atoms with Crippen LogP contribution in [0.3, 0.4) is 0 Å². The SMILES string of the molecule is CCC(CC#N)c1cc(Br)ccc1OCC#N. The lowest BCUT2D eigenvalue weighted by Gasteiger charge is -2.16. The molecule has 0 aliphatic heterocycles. The van der Waals surface area contributed by atoms with E-state index in [1.54, 1.807) is 0 Å². The summed E-state index contributed by atoms with van der Waals surface area (Å²) < 4.78 is 6.33. The van der Waals surface area contributed by atoms with E-state index in [4.69, 9.17) is 15.3 Å². The molecule has 1 unspecified atom stereocenters. The van der Waals surface area contributed by atoms with Crippen molar-refractivity contribution in [1.82, 2.24) is 0 Å².